The van der Waals surface area contributed by atoms with E-state index in [1.807, 2.05) is 25.1 Å². The van der Waals surface area contributed by atoms with Crippen molar-refractivity contribution in [1.29, 1.82) is 0 Å². The molecule has 1 fully saturated rings. The van der Waals surface area contributed by atoms with Gasteiger partial charge in [0.05, 0.1) is 11.2 Å². The number of piperidine rings is 1. The van der Waals surface area contributed by atoms with Gasteiger partial charge in [-0.25, -0.2) is 9.67 Å². The first-order valence-corrected chi connectivity index (χ1v) is 8.97. The molecular formula is C20H20N6O2. The molecule has 0 saturated carbocycles. The van der Waals surface area contributed by atoms with Crippen LogP contribution in [0, 0.1) is 18.8 Å². The number of carbonyl (C=O) groups is 1. The van der Waals surface area contributed by atoms with Crippen LogP contribution in [0.3, 0.4) is 0 Å². The van der Waals surface area contributed by atoms with E-state index in [0.29, 0.717) is 30.8 Å². The average molecular weight is 376 g/mol. The summed E-state index contributed by atoms with van der Waals surface area (Å²) in [7, 11) is 1.68. The predicted molar refractivity (Wildman–Crippen MR) is 105 cm³/mol. The molecule has 8 nitrogen and oxygen atoms in total. The Bertz CT molecular complexity index is 1140. The fraction of sp³-hybridized carbons (Fsp3) is 0.300. The lowest BCUT2D eigenvalue weighted by Crippen LogP contribution is -2.51. The number of nitrogens with zero attached hydrogens (tertiary/aromatic N) is 5. The molecule has 4 rings (SSSR count). The topological polar surface area (TPSA) is 110 Å². The van der Waals surface area contributed by atoms with E-state index in [1.165, 1.54) is 4.90 Å². The van der Waals surface area contributed by atoms with Crippen LogP contribution in [-0.2, 0) is 4.79 Å². The number of nitrogens with two attached hydrogens (primary N) is 1. The third-order valence-corrected chi connectivity index (χ3v) is 4.89. The van der Waals surface area contributed by atoms with Gasteiger partial charge in [-0.05, 0) is 38.0 Å². The second kappa shape index (κ2) is 6.62. The smallest absolute Gasteiger partial charge is 0.267 e. The summed E-state index contributed by atoms with van der Waals surface area (Å²) >= 11 is 0. The van der Waals surface area contributed by atoms with Gasteiger partial charge in [-0.2, -0.15) is 10.1 Å². The van der Waals surface area contributed by atoms with Crippen LogP contribution in [0.5, 0.6) is 0 Å². The summed E-state index contributed by atoms with van der Waals surface area (Å²) in [5, 5.41) is 16.1. The molecule has 1 amide bonds. The lowest BCUT2D eigenvalue weighted by atomic mass is 9.92. The van der Waals surface area contributed by atoms with E-state index in [9.17, 15) is 9.90 Å². The quantitative estimate of drug-likeness (QED) is 0.614. The van der Waals surface area contributed by atoms with Crippen molar-refractivity contribution < 1.29 is 9.90 Å². The number of benzene rings is 1. The molecule has 0 spiro atoms. The molecule has 1 saturated heterocycles. The van der Waals surface area contributed by atoms with E-state index in [0.717, 1.165) is 16.6 Å². The summed E-state index contributed by atoms with van der Waals surface area (Å²) in [5.74, 6) is 6.09. The van der Waals surface area contributed by atoms with E-state index in [-0.39, 0.29) is 11.9 Å². The Labute approximate surface area is 162 Å². The number of aliphatic hydroxyl groups is 1. The van der Waals surface area contributed by atoms with E-state index >= 15 is 0 Å². The van der Waals surface area contributed by atoms with E-state index in [4.69, 9.17) is 5.73 Å². The largest absolute Gasteiger partial charge is 0.369 e. The van der Waals surface area contributed by atoms with Crippen LogP contribution in [0.2, 0.25) is 0 Å². The van der Waals surface area contributed by atoms with E-state index in [1.54, 1.807) is 24.0 Å². The Hall–Kier alpha value is -3.44. The Kier molecular flexibility index (Phi) is 4.24. The van der Waals surface area contributed by atoms with Gasteiger partial charge in [0.2, 0.25) is 11.5 Å². The van der Waals surface area contributed by atoms with Crippen molar-refractivity contribution in [3.63, 3.8) is 0 Å². The second-order valence-corrected chi connectivity index (χ2v) is 6.94. The van der Waals surface area contributed by atoms with Crippen LogP contribution in [0.4, 0.5) is 5.95 Å². The number of likely N-dealkylation sites (tertiary alicyclic amines) is 1. The molecule has 0 aliphatic carbocycles. The first kappa shape index (κ1) is 17.9. The number of aromatic nitrogens is 4. The van der Waals surface area contributed by atoms with Crippen LogP contribution >= 0.6 is 0 Å². The van der Waals surface area contributed by atoms with Gasteiger partial charge in [-0.1, -0.05) is 11.8 Å². The minimum absolute atomic E-state index is 0.164. The number of aryl methyl sites for hydroxylation is 1. The molecule has 1 atom stereocenters. The zero-order chi connectivity index (χ0) is 19.9. The minimum atomic E-state index is -1.64. The first-order valence-electron chi connectivity index (χ1n) is 8.97. The van der Waals surface area contributed by atoms with Crippen molar-refractivity contribution >= 4 is 22.8 Å². The van der Waals surface area contributed by atoms with Crippen molar-refractivity contribution in [1.82, 2.24) is 24.6 Å². The first-order chi connectivity index (χ1) is 13.4. The molecule has 28 heavy (non-hydrogen) atoms. The lowest BCUT2D eigenvalue weighted by molar-refractivity contribution is -0.148. The molecule has 142 valence electrons. The number of nitrogen functional groups attached to an aromatic ring is 1. The second-order valence-electron chi connectivity index (χ2n) is 6.94. The van der Waals surface area contributed by atoms with Crippen LogP contribution in [0.25, 0.3) is 16.7 Å². The van der Waals surface area contributed by atoms with E-state index in [2.05, 4.69) is 26.9 Å². The van der Waals surface area contributed by atoms with Gasteiger partial charge in [0.25, 0.3) is 5.91 Å². The number of hydrogen-bond donors (Lipinski definition) is 2. The normalized spacial score (nSPS) is 19.5. The van der Waals surface area contributed by atoms with Crippen LogP contribution in [0.15, 0.2) is 30.5 Å². The zero-order valence-electron chi connectivity index (χ0n) is 15.7. The van der Waals surface area contributed by atoms with Crippen LogP contribution in [0.1, 0.15) is 24.1 Å². The van der Waals surface area contributed by atoms with Crippen molar-refractivity contribution in [3.8, 4) is 17.7 Å². The third kappa shape index (κ3) is 3.06. The van der Waals surface area contributed by atoms with Crippen molar-refractivity contribution in [3.05, 3.63) is 41.7 Å². The highest BCUT2D eigenvalue weighted by atomic mass is 16.3. The molecule has 1 aliphatic rings. The Morgan fingerprint density at radius 3 is 2.93 bits per heavy atom. The SMILES string of the molecule is Cc1nn(-c2ccnc(N)n2)c2cc(C#CC3(O)CCCN(C)C3=O)ccc12. The fourth-order valence-corrected chi connectivity index (χ4v) is 3.39. The molecule has 3 N–H and O–H groups in total. The fourth-order valence-electron chi connectivity index (χ4n) is 3.39. The third-order valence-electron chi connectivity index (χ3n) is 4.89. The molecule has 8 heteroatoms. The van der Waals surface area contributed by atoms with Crippen molar-refractivity contribution in [2.75, 3.05) is 19.3 Å². The molecule has 1 aromatic carbocycles. The monoisotopic (exact) mass is 376 g/mol. The maximum absolute atomic E-state index is 12.3. The summed E-state index contributed by atoms with van der Waals surface area (Å²) in [4.78, 5) is 21.9. The Morgan fingerprint density at radius 2 is 2.14 bits per heavy atom. The van der Waals surface area contributed by atoms with Gasteiger partial charge >= 0.3 is 0 Å². The average Bonchev–Trinajstić information content (AvgIpc) is 3.01. The predicted octanol–water partition coefficient (Wildman–Crippen LogP) is 1.04. The molecular weight excluding hydrogens is 356 g/mol. The molecule has 2 aromatic heterocycles. The summed E-state index contributed by atoms with van der Waals surface area (Å²) in [6.07, 6.45) is 2.63. The highest BCUT2D eigenvalue weighted by Crippen LogP contribution is 2.24. The molecule has 0 bridgehead atoms. The van der Waals surface area contributed by atoms with Crippen molar-refractivity contribution in [2.45, 2.75) is 25.4 Å². The standard InChI is InChI=1S/C20H20N6O2/c1-13-15-5-4-14(6-9-20(28)8-3-11-25(2)18(20)27)12-16(15)26(24-13)17-7-10-22-19(21)23-17/h4-5,7,10,12,28H,3,8,11H2,1-2H3,(H2,21,22,23). The maximum Gasteiger partial charge on any atom is 0.267 e. The number of rotatable bonds is 1. The highest BCUT2D eigenvalue weighted by molar-refractivity contribution is 5.89. The lowest BCUT2D eigenvalue weighted by Gasteiger charge is -2.32. The Morgan fingerprint density at radius 1 is 1.32 bits per heavy atom. The van der Waals surface area contributed by atoms with E-state index < -0.39 is 5.60 Å². The number of hydrogen-bond acceptors (Lipinski definition) is 6. The molecule has 3 heterocycles. The van der Waals surface area contributed by atoms with Gasteiger partial charge < -0.3 is 15.7 Å². The number of likely N-dealkylation sites (N-methyl/N-ethyl adjacent to an activating group) is 1. The zero-order valence-corrected chi connectivity index (χ0v) is 15.7. The summed E-state index contributed by atoms with van der Waals surface area (Å²) in [5.41, 5.74) is 6.38. The van der Waals surface area contributed by atoms with Gasteiger partial charge in [0.1, 0.15) is 0 Å². The van der Waals surface area contributed by atoms with Gasteiger partial charge in [-0.3, -0.25) is 4.79 Å². The van der Waals surface area contributed by atoms with Gasteiger partial charge in [-0.15, -0.1) is 0 Å². The minimum Gasteiger partial charge on any atom is -0.369 e. The molecule has 1 unspecified atom stereocenters. The van der Waals surface area contributed by atoms with Gasteiger partial charge in [0, 0.05) is 36.8 Å². The van der Waals surface area contributed by atoms with Crippen molar-refractivity contribution in [2.24, 2.45) is 0 Å². The van der Waals surface area contributed by atoms with Crippen LogP contribution < -0.4 is 5.73 Å². The van der Waals surface area contributed by atoms with Crippen LogP contribution in [-0.4, -0.2) is 54.9 Å². The summed E-state index contributed by atoms with van der Waals surface area (Å²) in [6, 6.07) is 7.35. The maximum atomic E-state index is 12.3. The van der Waals surface area contributed by atoms with Gasteiger partial charge in [0.15, 0.2) is 5.82 Å². The summed E-state index contributed by atoms with van der Waals surface area (Å²) < 4.78 is 1.68. The Balaban J connectivity index is 1.77. The highest BCUT2D eigenvalue weighted by Gasteiger charge is 2.39. The summed E-state index contributed by atoms with van der Waals surface area (Å²) in [6.45, 7) is 2.54. The number of anilines is 1. The number of fused-ring (bicyclic) bond motifs is 1. The number of amides is 1. The molecule has 1 aliphatic heterocycles. The molecule has 0 radical (unpaired) electrons. The molecule has 3 aromatic rings. The number of carbonyl (C=O) groups excluding carboxylic acids is 1.